The number of nitrogens with one attached hydrogen (secondary N) is 1. The van der Waals surface area contributed by atoms with Gasteiger partial charge in [-0.25, -0.2) is 9.37 Å². The molecular weight excluding hydrogens is 387 g/mol. The fraction of sp³-hybridized carbons (Fsp3) is 0.238. The molecule has 0 aliphatic carbocycles. The van der Waals surface area contributed by atoms with Crippen molar-refractivity contribution in [1.82, 2.24) is 15.2 Å². The zero-order valence-corrected chi connectivity index (χ0v) is 16.5. The number of hydrogen-bond acceptors (Lipinski definition) is 7. The third-order valence-electron chi connectivity index (χ3n) is 4.89. The summed E-state index contributed by atoms with van der Waals surface area (Å²) < 4.78 is 19.0. The van der Waals surface area contributed by atoms with Crippen molar-refractivity contribution in [2.45, 2.75) is 0 Å². The monoisotopic (exact) mass is 408 g/mol. The largest absolute Gasteiger partial charge is 0.497 e. The van der Waals surface area contributed by atoms with E-state index < -0.39 is 11.7 Å². The summed E-state index contributed by atoms with van der Waals surface area (Å²) in [5, 5.41) is 10.8. The van der Waals surface area contributed by atoms with Crippen LogP contribution in [-0.2, 0) is 0 Å². The lowest BCUT2D eigenvalue weighted by Gasteiger charge is -2.35. The molecule has 1 aromatic carbocycles. The third kappa shape index (κ3) is 4.29. The minimum atomic E-state index is -0.665. The maximum absolute atomic E-state index is 14.1. The number of halogens is 1. The Labute approximate surface area is 173 Å². The van der Waals surface area contributed by atoms with Crippen LogP contribution in [0.15, 0.2) is 54.7 Å². The molecule has 9 heteroatoms. The van der Waals surface area contributed by atoms with Gasteiger partial charge in [-0.3, -0.25) is 4.79 Å². The van der Waals surface area contributed by atoms with Gasteiger partial charge in [0.2, 0.25) is 0 Å². The molecule has 1 aliphatic heterocycles. The van der Waals surface area contributed by atoms with Crippen LogP contribution in [0.5, 0.6) is 5.75 Å². The summed E-state index contributed by atoms with van der Waals surface area (Å²) in [7, 11) is 1.43. The van der Waals surface area contributed by atoms with Gasteiger partial charge in [0.1, 0.15) is 17.4 Å². The summed E-state index contributed by atoms with van der Waals surface area (Å²) >= 11 is 0. The smallest absolute Gasteiger partial charge is 0.259 e. The van der Waals surface area contributed by atoms with E-state index in [0.29, 0.717) is 5.75 Å². The van der Waals surface area contributed by atoms with E-state index >= 15 is 0 Å². The predicted octanol–water partition coefficient (Wildman–Crippen LogP) is 2.60. The Balaban J connectivity index is 1.36. The van der Waals surface area contributed by atoms with Crippen LogP contribution in [-0.4, -0.2) is 54.4 Å². The SMILES string of the molecule is COc1ccc(C(=O)Nc2ccc(N3CCN(c4ccccn4)CC3)nn2)c(F)c1. The minimum Gasteiger partial charge on any atom is -0.497 e. The van der Waals surface area contributed by atoms with Crippen LogP contribution in [0.1, 0.15) is 10.4 Å². The molecule has 0 radical (unpaired) electrons. The molecule has 3 aromatic rings. The Hall–Kier alpha value is -3.75. The highest BCUT2D eigenvalue weighted by atomic mass is 19.1. The lowest BCUT2D eigenvalue weighted by atomic mass is 10.2. The molecule has 1 amide bonds. The van der Waals surface area contributed by atoms with Crippen molar-refractivity contribution in [2.75, 3.05) is 48.4 Å². The van der Waals surface area contributed by atoms with Gasteiger partial charge in [-0.1, -0.05) is 6.07 Å². The number of anilines is 3. The van der Waals surface area contributed by atoms with Gasteiger partial charge < -0.3 is 19.9 Å². The van der Waals surface area contributed by atoms with Gasteiger partial charge in [0.25, 0.3) is 5.91 Å². The molecule has 2 aromatic heterocycles. The van der Waals surface area contributed by atoms with E-state index in [4.69, 9.17) is 4.74 Å². The molecule has 0 atom stereocenters. The van der Waals surface area contributed by atoms with E-state index in [2.05, 4.69) is 30.3 Å². The average molecular weight is 408 g/mol. The molecule has 0 bridgehead atoms. The highest BCUT2D eigenvalue weighted by molar-refractivity contribution is 6.04. The van der Waals surface area contributed by atoms with Crippen LogP contribution < -0.4 is 19.9 Å². The van der Waals surface area contributed by atoms with E-state index in [1.165, 1.54) is 19.2 Å². The maximum Gasteiger partial charge on any atom is 0.259 e. The topological polar surface area (TPSA) is 83.5 Å². The van der Waals surface area contributed by atoms with Gasteiger partial charge in [-0.05, 0) is 36.4 Å². The molecule has 1 N–H and O–H groups in total. The number of benzene rings is 1. The van der Waals surface area contributed by atoms with Crippen molar-refractivity contribution in [2.24, 2.45) is 0 Å². The Morgan fingerprint density at radius 2 is 1.77 bits per heavy atom. The fourth-order valence-corrected chi connectivity index (χ4v) is 3.26. The van der Waals surface area contributed by atoms with Gasteiger partial charge in [-0.15, -0.1) is 10.2 Å². The number of carbonyl (C=O) groups is 1. The molecule has 0 saturated carbocycles. The number of ether oxygens (including phenoxy) is 1. The Bertz CT molecular complexity index is 1010. The highest BCUT2D eigenvalue weighted by Gasteiger charge is 2.19. The molecule has 1 saturated heterocycles. The van der Waals surface area contributed by atoms with E-state index in [0.717, 1.165) is 43.9 Å². The number of carbonyl (C=O) groups excluding carboxylic acids is 1. The molecule has 3 heterocycles. The number of amides is 1. The second-order valence-corrected chi connectivity index (χ2v) is 6.74. The van der Waals surface area contributed by atoms with Crippen LogP contribution >= 0.6 is 0 Å². The predicted molar refractivity (Wildman–Crippen MR) is 112 cm³/mol. The van der Waals surface area contributed by atoms with Crippen molar-refractivity contribution in [1.29, 1.82) is 0 Å². The van der Waals surface area contributed by atoms with E-state index in [1.54, 1.807) is 18.3 Å². The molecule has 8 nitrogen and oxygen atoms in total. The maximum atomic E-state index is 14.1. The van der Waals surface area contributed by atoms with Crippen molar-refractivity contribution in [3.63, 3.8) is 0 Å². The van der Waals surface area contributed by atoms with Crippen LogP contribution in [0.3, 0.4) is 0 Å². The first-order chi connectivity index (χ1) is 14.6. The van der Waals surface area contributed by atoms with Crippen molar-refractivity contribution >= 4 is 23.4 Å². The number of rotatable bonds is 5. The van der Waals surface area contributed by atoms with Crippen molar-refractivity contribution < 1.29 is 13.9 Å². The fourth-order valence-electron chi connectivity index (χ4n) is 3.26. The van der Waals surface area contributed by atoms with Crippen molar-refractivity contribution in [3.8, 4) is 5.75 Å². The zero-order chi connectivity index (χ0) is 20.9. The summed E-state index contributed by atoms with van der Waals surface area (Å²) in [5.74, 6) is 1.03. The van der Waals surface area contributed by atoms with E-state index in [1.807, 2.05) is 18.2 Å². The Morgan fingerprint density at radius 3 is 2.37 bits per heavy atom. The summed E-state index contributed by atoms with van der Waals surface area (Å²) in [6, 6.07) is 13.4. The molecule has 0 unspecified atom stereocenters. The standard InChI is InChI=1S/C21H21FN6O2/c1-30-15-5-6-16(17(22)14-15)21(29)24-18-7-8-20(26-25-18)28-12-10-27(11-13-28)19-4-2-3-9-23-19/h2-9,14H,10-13H2,1H3,(H,24,25,29). The second-order valence-electron chi connectivity index (χ2n) is 6.74. The summed E-state index contributed by atoms with van der Waals surface area (Å²) in [4.78, 5) is 21.0. The van der Waals surface area contributed by atoms with Gasteiger partial charge in [0, 0.05) is 38.4 Å². The Kier molecular flexibility index (Phi) is 5.69. The number of pyridine rings is 1. The van der Waals surface area contributed by atoms with Crippen LogP contribution in [0, 0.1) is 5.82 Å². The molecule has 4 rings (SSSR count). The molecule has 30 heavy (non-hydrogen) atoms. The second kappa shape index (κ2) is 8.73. The normalized spacial score (nSPS) is 13.8. The lowest BCUT2D eigenvalue weighted by molar-refractivity contribution is 0.102. The van der Waals surface area contributed by atoms with Gasteiger partial charge in [-0.2, -0.15) is 0 Å². The quantitative estimate of drug-likeness (QED) is 0.695. The number of methoxy groups -OCH3 is 1. The van der Waals surface area contributed by atoms with Gasteiger partial charge in [0.15, 0.2) is 11.6 Å². The number of piperazine rings is 1. The van der Waals surface area contributed by atoms with E-state index in [9.17, 15) is 9.18 Å². The summed E-state index contributed by atoms with van der Waals surface area (Å²) in [6.45, 7) is 3.23. The van der Waals surface area contributed by atoms with E-state index in [-0.39, 0.29) is 11.4 Å². The summed E-state index contributed by atoms with van der Waals surface area (Å²) in [6.07, 6.45) is 1.79. The minimum absolute atomic E-state index is 0.0904. The molecule has 1 fully saturated rings. The zero-order valence-electron chi connectivity index (χ0n) is 16.5. The molecule has 0 spiro atoms. The number of hydrogen-bond donors (Lipinski definition) is 1. The summed E-state index contributed by atoms with van der Waals surface area (Å²) in [5.41, 5.74) is -0.0904. The number of aromatic nitrogens is 3. The van der Waals surface area contributed by atoms with Crippen LogP contribution in [0.4, 0.5) is 21.8 Å². The average Bonchev–Trinajstić information content (AvgIpc) is 2.80. The number of nitrogens with zero attached hydrogens (tertiary/aromatic N) is 5. The van der Waals surface area contributed by atoms with Crippen LogP contribution in [0.25, 0.3) is 0 Å². The van der Waals surface area contributed by atoms with Gasteiger partial charge in [0.05, 0.1) is 12.7 Å². The Morgan fingerprint density at radius 1 is 1.00 bits per heavy atom. The van der Waals surface area contributed by atoms with Crippen LogP contribution in [0.2, 0.25) is 0 Å². The lowest BCUT2D eigenvalue weighted by Crippen LogP contribution is -2.47. The molecule has 154 valence electrons. The molecule has 1 aliphatic rings. The van der Waals surface area contributed by atoms with Crippen molar-refractivity contribution in [3.05, 3.63) is 66.1 Å². The first-order valence-corrected chi connectivity index (χ1v) is 9.53. The molecular formula is C21H21FN6O2. The first kappa shape index (κ1) is 19.6. The highest BCUT2D eigenvalue weighted by Crippen LogP contribution is 2.19. The first-order valence-electron chi connectivity index (χ1n) is 9.53. The third-order valence-corrected chi connectivity index (χ3v) is 4.89. The van der Waals surface area contributed by atoms with Gasteiger partial charge >= 0.3 is 0 Å².